The fourth-order valence-electron chi connectivity index (χ4n) is 3.68. The van der Waals surface area contributed by atoms with Crippen molar-refractivity contribution in [1.82, 2.24) is 0 Å². The maximum Gasteiger partial charge on any atom is 0.261 e. The molecule has 2 atom stereocenters. The van der Waals surface area contributed by atoms with Crippen LogP contribution in [0.25, 0.3) is 0 Å². The Bertz CT molecular complexity index is 681. The highest BCUT2D eigenvalue weighted by molar-refractivity contribution is 8.13. The quantitative estimate of drug-likeness (QED) is 0.867. The Labute approximate surface area is 129 Å². The smallest absolute Gasteiger partial charge is 0.261 e. The highest BCUT2D eigenvalue weighted by atomic mass is 35.7. The minimum Gasteiger partial charge on any atom is -0.325 e. The molecule has 2 fully saturated rings. The van der Waals surface area contributed by atoms with Gasteiger partial charge in [-0.1, -0.05) is 6.42 Å². The molecule has 4 nitrogen and oxygen atoms in total. The van der Waals surface area contributed by atoms with Gasteiger partial charge in [-0.25, -0.2) is 8.42 Å². The summed E-state index contributed by atoms with van der Waals surface area (Å²) in [6, 6.07) is 3.00. The van der Waals surface area contributed by atoms with Crippen LogP contribution in [-0.2, 0) is 13.8 Å². The second kappa shape index (κ2) is 4.99. The highest BCUT2D eigenvalue weighted by Crippen LogP contribution is 2.57. The summed E-state index contributed by atoms with van der Waals surface area (Å²) in [5, 5.41) is 2.97. The Morgan fingerprint density at radius 2 is 1.71 bits per heavy atom. The first-order chi connectivity index (χ1) is 9.79. The van der Waals surface area contributed by atoms with Crippen LogP contribution in [-0.4, -0.2) is 14.3 Å². The standard InChI is InChI=1S/C15H18ClNO3S/c1-8-6-10(21(16,19)20)7-9(2)14(8)17-15(18)13-11-4-3-5-12(11)13/h6-7,11-13H,3-5H2,1-2H3,(H,17,18). The Balaban J connectivity index is 1.81. The molecule has 3 rings (SSSR count). The fourth-order valence-corrected chi connectivity index (χ4v) is 4.58. The fraction of sp³-hybridized carbons (Fsp3) is 0.533. The maximum absolute atomic E-state index is 12.3. The number of aryl methyl sites for hydroxylation is 2. The molecule has 1 N–H and O–H groups in total. The zero-order valence-corrected chi connectivity index (χ0v) is 13.6. The van der Waals surface area contributed by atoms with Crippen molar-refractivity contribution in [3.63, 3.8) is 0 Å². The third-order valence-electron chi connectivity index (χ3n) is 4.75. The van der Waals surface area contributed by atoms with Gasteiger partial charge in [-0.05, 0) is 61.8 Å². The van der Waals surface area contributed by atoms with Crippen LogP contribution < -0.4 is 5.32 Å². The molecule has 2 saturated carbocycles. The second-order valence-electron chi connectivity index (χ2n) is 6.14. The summed E-state index contributed by atoms with van der Waals surface area (Å²) >= 11 is 0. The summed E-state index contributed by atoms with van der Waals surface area (Å²) in [4.78, 5) is 12.4. The third kappa shape index (κ3) is 2.69. The number of carbonyl (C=O) groups is 1. The molecule has 0 saturated heterocycles. The van der Waals surface area contributed by atoms with Crippen LogP contribution in [0.3, 0.4) is 0 Å². The molecule has 2 unspecified atom stereocenters. The predicted molar refractivity (Wildman–Crippen MR) is 81.9 cm³/mol. The molecule has 0 aliphatic heterocycles. The van der Waals surface area contributed by atoms with Crippen molar-refractivity contribution in [3.05, 3.63) is 23.3 Å². The number of hydrogen-bond acceptors (Lipinski definition) is 3. The number of rotatable bonds is 3. The normalized spacial score (nSPS) is 27.3. The van der Waals surface area contributed by atoms with Crippen LogP contribution in [0.1, 0.15) is 30.4 Å². The largest absolute Gasteiger partial charge is 0.325 e. The van der Waals surface area contributed by atoms with E-state index in [1.54, 1.807) is 13.8 Å². The predicted octanol–water partition coefficient (Wildman–Crippen LogP) is 3.22. The van der Waals surface area contributed by atoms with Gasteiger partial charge in [0, 0.05) is 22.3 Å². The monoisotopic (exact) mass is 327 g/mol. The van der Waals surface area contributed by atoms with Gasteiger partial charge in [0.05, 0.1) is 4.90 Å². The van der Waals surface area contributed by atoms with E-state index in [-0.39, 0.29) is 16.7 Å². The van der Waals surface area contributed by atoms with Gasteiger partial charge in [-0.2, -0.15) is 0 Å². The van der Waals surface area contributed by atoms with E-state index in [4.69, 9.17) is 10.7 Å². The molecule has 6 heteroatoms. The molecule has 0 spiro atoms. The third-order valence-corrected chi connectivity index (χ3v) is 6.08. The highest BCUT2D eigenvalue weighted by Gasteiger charge is 2.56. The molecule has 0 radical (unpaired) electrons. The number of anilines is 1. The summed E-state index contributed by atoms with van der Waals surface area (Å²) < 4.78 is 22.8. The van der Waals surface area contributed by atoms with Gasteiger partial charge in [-0.3, -0.25) is 4.79 Å². The lowest BCUT2D eigenvalue weighted by Crippen LogP contribution is -2.18. The summed E-state index contributed by atoms with van der Waals surface area (Å²) in [5.41, 5.74) is 2.14. The van der Waals surface area contributed by atoms with E-state index in [0.717, 1.165) is 12.8 Å². The number of amides is 1. The zero-order valence-electron chi connectivity index (χ0n) is 12.0. The van der Waals surface area contributed by atoms with Crippen LogP contribution >= 0.6 is 10.7 Å². The van der Waals surface area contributed by atoms with Crippen LogP contribution in [0.2, 0.25) is 0 Å². The first-order valence-electron chi connectivity index (χ1n) is 7.16. The number of carbonyl (C=O) groups excluding carboxylic acids is 1. The van der Waals surface area contributed by atoms with Crippen LogP contribution in [0.15, 0.2) is 17.0 Å². The molecule has 1 aromatic rings. The van der Waals surface area contributed by atoms with Gasteiger partial charge in [0.25, 0.3) is 9.05 Å². The van der Waals surface area contributed by atoms with E-state index in [9.17, 15) is 13.2 Å². The molecule has 1 aromatic carbocycles. The van der Waals surface area contributed by atoms with Crippen LogP contribution in [0.4, 0.5) is 5.69 Å². The molecule has 114 valence electrons. The SMILES string of the molecule is Cc1cc(S(=O)(=O)Cl)cc(C)c1NC(=O)C1C2CCCC21. The van der Waals surface area contributed by atoms with Gasteiger partial charge < -0.3 is 5.32 Å². The molecule has 2 aliphatic rings. The van der Waals surface area contributed by atoms with Crippen molar-refractivity contribution in [2.45, 2.75) is 38.0 Å². The average Bonchev–Trinajstić information content (AvgIpc) is 2.86. The van der Waals surface area contributed by atoms with Crippen LogP contribution in [0, 0.1) is 31.6 Å². The van der Waals surface area contributed by atoms with E-state index < -0.39 is 9.05 Å². The van der Waals surface area contributed by atoms with E-state index >= 15 is 0 Å². The van der Waals surface area contributed by atoms with Crippen molar-refractivity contribution in [3.8, 4) is 0 Å². The number of nitrogens with one attached hydrogen (secondary N) is 1. The molecule has 21 heavy (non-hydrogen) atoms. The molecule has 1 amide bonds. The molecule has 0 bridgehead atoms. The summed E-state index contributed by atoms with van der Waals surface area (Å²) in [7, 11) is 1.62. The lowest BCUT2D eigenvalue weighted by molar-refractivity contribution is -0.118. The van der Waals surface area contributed by atoms with Crippen molar-refractivity contribution in [2.24, 2.45) is 17.8 Å². The Kier molecular flexibility index (Phi) is 3.53. The van der Waals surface area contributed by atoms with Crippen molar-refractivity contribution in [1.29, 1.82) is 0 Å². The Hall–Kier alpha value is -1.07. The molecular weight excluding hydrogens is 310 g/mol. The van der Waals surface area contributed by atoms with Gasteiger partial charge in [-0.15, -0.1) is 0 Å². The molecule has 0 aromatic heterocycles. The Morgan fingerprint density at radius 1 is 1.19 bits per heavy atom. The molecule has 2 aliphatic carbocycles. The lowest BCUT2D eigenvalue weighted by atomic mass is 10.1. The zero-order chi connectivity index (χ0) is 15.4. The van der Waals surface area contributed by atoms with Crippen molar-refractivity contribution >= 4 is 31.3 Å². The molecular formula is C15H18ClNO3S. The van der Waals surface area contributed by atoms with Gasteiger partial charge in [0.15, 0.2) is 0 Å². The summed E-state index contributed by atoms with van der Waals surface area (Å²) in [5.74, 6) is 1.34. The van der Waals surface area contributed by atoms with E-state index in [1.807, 2.05) is 0 Å². The van der Waals surface area contributed by atoms with Crippen molar-refractivity contribution in [2.75, 3.05) is 5.32 Å². The number of hydrogen-bond donors (Lipinski definition) is 1. The van der Waals surface area contributed by atoms with Crippen molar-refractivity contribution < 1.29 is 13.2 Å². The second-order valence-corrected chi connectivity index (χ2v) is 8.71. The summed E-state index contributed by atoms with van der Waals surface area (Å²) in [6.45, 7) is 3.56. The van der Waals surface area contributed by atoms with Crippen LogP contribution in [0.5, 0.6) is 0 Å². The lowest BCUT2D eigenvalue weighted by Gasteiger charge is -2.13. The maximum atomic E-state index is 12.3. The van der Waals surface area contributed by atoms with E-state index in [2.05, 4.69) is 5.32 Å². The topological polar surface area (TPSA) is 63.2 Å². The summed E-state index contributed by atoms with van der Waals surface area (Å²) in [6.07, 6.45) is 3.55. The number of fused-ring (bicyclic) bond motifs is 1. The molecule has 0 heterocycles. The van der Waals surface area contributed by atoms with Gasteiger partial charge in [0.1, 0.15) is 0 Å². The number of halogens is 1. The first kappa shape index (κ1) is 14.9. The van der Waals surface area contributed by atoms with E-state index in [0.29, 0.717) is 28.7 Å². The minimum absolute atomic E-state index is 0.0670. The minimum atomic E-state index is -3.75. The average molecular weight is 328 g/mol. The first-order valence-corrected chi connectivity index (χ1v) is 9.47. The van der Waals surface area contributed by atoms with E-state index in [1.165, 1.54) is 18.6 Å². The van der Waals surface area contributed by atoms with Gasteiger partial charge >= 0.3 is 0 Å². The van der Waals surface area contributed by atoms with Gasteiger partial charge in [0.2, 0.25) is 5.91 Å². The Morgan fingerprint density at radius 3 is 2.19 bits per heavy atom. The number of benzene rings is 1.